The number of rotatable bonds is 4. The fourth-order valence-corrected chi connectivity index (χ4v) is 7.40. The molecular weight excluding hydrogens is 510 g/mol. The van der Waals surface area contributed by atoms with Crippen LogP contribution in [-0.4, -0.2) is 35.3 Å². The first-order valence-corrected chi connectivity index (χ1v) is 14.5. The highest BCUT2D eigenvalue weighted by molar-refractivity contribution is 7.15. The van der Waals surface area contributed by atoms with Crippen molar-refractivity contribution in [1.82, 2.24) is 9.47 Å². The number of benzene rings is 2. The van der Waals surface area contributed by atoms with Gasteiger partial charge in [-0.1, -0.05) is 12.1 Å². The minimum atomic E-state index is -0.295. The lowest BCUT2D eigenvalue weighted by molar-refractivity contribution is 0.171. The van der Waals surface area contributed by atoms with E-state index in [1.807, 2.05) is 53.5 Å². The molecule has 2 aromatic carbocycles. The Labute approximate surface area is 231 Å². The maximum Gasteiger partial charge on any atom is 0.322 e. The van der Waals surface area contributed by atoms with Crippen LogP contribution in [0.1, 0.15) is 53.1 Å². The number of anilines is 1. The number of fused-ring (bicyclic) bond motifs is 6. The SMILES string of the molecule is CCOc1cccc([C@@H]2c3cccn3-c3sc4c(c3CN2C(=O)Nc2ccc3c(c2)OCCO3)CCCC4)c1. The Kier molecular flexibility index (Phi) is 6.19. The van der Waals surface area contributed by atoms with Crippen LogP contribution in [0.25, 0.3) is 5.00 Å². The molecule has 2 aliphatic heterocycles. The van der Waals surface area contributed by atoms with Gasteiger partial charge in [0.2, 0.25) is 0 Å². The summed E-state index contributed by atoms with van der Waals surface area (Å²) in [4.78, 5) is 17.7. The van der Waals surface area contributed by atoms with Crippen molar-refractivity contribution in [2.45, 2.75) is 45.2 Å². The molecule has 0 unspecified atom stereocenters. The molecule has 200 valence electrons. The van der Waals surface area contributed by atoms with E-state index in [4.69, 9.17) is 14.2 Å². The van der Waals surface area contributed by atoms with E-state index in [1.165, 1.54) is 33.8 Å². The average molecular weight is 542 g/mol. The molecule has 0 spiro atoms. The number of amides is 2. The summed E-state index contributed by atoms with van der Waals surface area (Å²) >= 11 is 1.89. The van der Waals surface area contributed by atoms with E-state index in [-0.39, 0.29) is 12.1 Å². The van der Waals surface area contributed by atoms with Gasteiger partial charge in [-0.3, -0.25) is 0 Å². The van der Waals surface area contributed by atoms with Crippen molar-refractivity contribution in [2.75, 3.05) is 25.1 Å². The topological polar surface area (TPSA) is 65.0 Å². The van der Waals surface area contributed by atoms with Gasteiger partial charge in [-0.25, -0.2) is 4.79 Å². The first-order chi connectivity index (χ1) is 19.2. The Morgan fingerprint density at radius 3 is 2.79 bits per heavy atom. The molecule has 39 heavy (non-hydrogen) atoms. The van der Waals surface area contributed by atoms with E-state index in [0.29, 0.717) is 43.6 Å². The molecule has 4 heterocycles. The molecule has 0 saturated carbocycles. The molecule has 4 aromatic rings. The fourth-order valence-electron chi connectivity index (χ4n) is 5.99. The van der Waals surface area contributed by atoms with Gasteiger partial charge >= 0.3 is 6.03 Å². The summed E-state index contributed by atoms with van der Waals surface area (Å²) in [5, 5.41) is 4.41. The van der Waals surface area contributed by atoms with Gasteiger partial charge in [0.1, 0.15) is 24.0 Å². The first-order valence-electron chi connectivity index (χ1n) is 13.7. The van der Waals surface area contributed by atoms with Crippen molar-refractivity contribution in [1.29, 1.82) is 0 Å². The minimum absolute atomic E-state index is 0.158. The quantitative estimate of drug-likeness (QED) is 0.311. The van der Waals surface area contributed by atoms with E-state index in [0.717, 1.165) is 29.8 Å². The van der Waals surface area contributed by atoms with E-state index < -0.39 is 0 Å². The molecule has 0 saturated heterocycles. The Balaban J connectivity index is 1.33. The van der Waals surface area contributed by atoms with Gasteiger partial charge in [-0.05, 0) is 80.1 Å². The maximum absolute atomic E-state index is 14.2. The third-order valence-electron chi connectivity index (χ3n) is 7.72. The van der Waals surface area contributed by atoms with E-state index in [2.05, 4.69) is 40.3 Å². The van der Waals surface area contributed by atoms with Crippen molar-refractivity contribution >= 4 is 23.1 Å². The number of aryl methyl sites for hydroxylation is 1. The Morgan fingerprint density at radius 1 is 1.03 bits per heavy atom. The van der Waals surface area contributed by atoms with E-state index >= 15 is 0 Å². The van der Waals surface area contributed by atoms with Gasteiger partial charge in [0.25, 0.3) is 0 Å². The third kappa shape index (κ3) is 4.33. The van der Waals surface area contributed by atoms with E-state index in [1.54, 1.807) is 0 Å². The summed E-state index contributed by atoms with van der Waals surface area (Å²) in [7, 11) is 0. The van der Waals surface area contributed by atoms with Crippen LogP contribution < -0.4 is 19.5 Å². The Hall–Kier alpha value is -3.91. The molecule has 2 aromatic heterocycles. The molecule has 0 radical (unpaired) electrons. The van der Waals surface area contributed by atoms with Crippen molar-refractivity contribution in [3.8, 4) is 22.2 Å². The van der Waals surface area contributed by atoms with Crippen molar-refractivity contribution in [3.05, 3.63) is 88.1 Å². The van der Waals surface area contributed by atoms with Gasteiger partial charge in [0.15, 0.2) is 11.5 Å². The van der Waals surface area contributed by atoms with Crippen molar-refractivity contribution in [2.24, 2.45) is 0 Å². The Bertz CT molecular complexity index is 1540. The zero-order valence-corrected chi connectivity index (χ0v) is 22.8. The van der Waals surface area contributed by atoms with Gasteiger partial charge < -0.3 is 29.0 Å². The summed E-state index contributed by atoms with van der Waals surface area (Å²) in [5.41, 5.74) is 5.47. The van der Waals surface area contributed by atoms with Gasteiger partial charge in [0.05, 0.1) is 24.9 Å². The molecule has 1 N–H and O–H groups in total. The maximum atomic E-state index is 14.2. The monoisotopic (exact) mass is 541 g/mol. The number of aromatic nitrogens is 1. The molecule has 1 atom stereocenters. The standard InChI is InChI=1S/C31H31N3O4S/c1-2-36-22-8-5-7-20(17-22)29-25-10-6-14-33(25)30-24(23-9-3-4-11-28(23)39-30)19-34(29)31(35)32-21-12-13-26-27(18-21)38-16-15-37-26/h5-8,10,12-14,17-18,29H,2-4,9,11,15-16,19H2,1H3,(H,32,35)/t29-/m1/s1. The highest BCUT2D eigenvalue weighted by Gasteiger charge is 2.36. The lowest BCUT2D eigenvalue weighted by Crippen LogP contribution is -2.38. The second kappa shape index (κ2) is 10.0. The van der Waals surface area contributed by atoms with Gasteiger partial charge in [0, 0.05) is 28.4 Å². The molecule has 0 fully saturated rings. The van der Waals surface area contributed by atoms with Crippen LogP contribution in [0.5, 0.6) is 17.2 Å². The second-order valence-corrected chi connectivity index (χ2v) is 11.2. The normalized spacial score (nSPS) is 17.5. The van der Waals surface area contributed by atoms with Crippen LogP contribution in [0.4, 0.5) is 10.5 Å². The predicted octanol–water partition coefficient (Wildman–Crippen LogP) is 6.72. The molecule has 0 bridgehead atoms. The molecule has 2 amide bonds. The van der Waals surface area contributed by atoms with Crippen LogP contribution in [0.3, 0.4) is 0 Å². The highest BCUT2D eigenvalue weighted by atomic mass is 32.1. The predicted molar refractivity (Wildman–Crippen MR) is 152 cm³/mol. The van der Waals surface area contributed by atoms with Crippen molar-refractivity contribution in [3.63, 3.8) is 0 Å². The average Bonchev–Trinajstić information content (AvgIpc) is 3.55. The molecule has 1 aliphatic carbocycles. The fraction of sp³-hybridized carbons (Fsp3) is 0.323. The second-order valence-electron chi connectivity index (χ2n) is 10.1. The number of ether oxygens (including phenoxy) is 3. The number of thiophene rings is 1. The van der Waals surface area contributed by atoms with E-state index in [9.17, 15) is 4.79 Å². The van der Waals surface area contributed by atoms with Crippen LogP contribution in [0.15, 0.2) is 60.8 Å². The molecule has 8 heteroatoms. The molecule has 7 nitrogen and oxygen atoms in total. The van der Waals surface area contributed by atoms with Gasteiger partial charge in [-0.2, -0.15) is 0 Å². The van der Waals surface area contributed by atoms with Gasteiger partial charge in [-0.15, -0.1) is 11.3 Å². The highest BCUT2D eigenvalue weighted by Crippen LogP contribution is 2.44. The lowest BCUT2D eigenvalue weighted by Gasteiger charge is -2.32. The molecule has 7 rings (SSSR count). The van der Waals surface area contributed by atoms with Crippen LogP contribution in [0, 0.1) is 0 Å². The number of urea groups is 1. The summed E-state index contributed by atoms with van der Waals surface area (Å²) in [5.74, 6) is 2.16. The van der Waals surface area contributed by atoms with Crippen LogP contribution in [-0.2, 0) is 19.4 Å². The largest absolute Gasteiger partial charge is 0.494 e. The van der Waals surface area contributed by atoms with Crippen LogP contribution >= 0.6 is 11.3 Å². The molecule has 3 aliphatic rings. The zero-order chi connectivity index (χ0) is 26.3. The number of carbonyl (C=O) groups excluding carboxylic acids is 1. The summed E-state index contributed by atoms with van der Waals surface area (Å²) in [6.07, 6.45) is 6.74. The first kappa shape index (κ1) is 24.2. The number of hydrogen-bond donors (Lipinski definition) is 1. The summed E-state index contributed by atoms with van der Waals surface area (Å²) < 4.78 is 19.6. The summed E-state index contributed by atoms with van der Waals surface area (Å²) in [6, 6.07) is 17.5. The smallest absolute Gasteiger partial charge is 0.322 e. The molecular formula is C31H31N3O4S. The lowest BCUT2D eigenvalue weighted by atomic mass is 9.95. The minimum Gasteiger partial charge on any atom is -0.494 e. The summed E-state index contributed by atoms with van der Waals surface area (Å²) in [6.45, 7) is 4.13. The number of carbonyl (C=O) groups is 1. The number of nitrogens with one attached hydrogen (secondary N) is 1. The Morgan fingerprint density at radius 2 is 1.90 bits per heavy atom. The number of hydrogen-bond acceptors (Lipinski definition) is 5. The van der Waals surface area contributed by atoms with Crippen molar-refractivity contribution < 1.29 is 19.0 Å². The van der Waals surface area contributed by atoms with Crippen LogP contribution in [0.2, 0.25) is 0 Å². The number of nitrogens with zero attached hydrogens (tertiary/aromatic N) is 2. The third-order valence-corrected chi connectivity index (χ3v) is 9.05. The zero-order valence-electron chi connectivity index (χ0n) is 21.9.